The zero-order valence-corrected chi connectivity index (χ0v) is 8.78. The van der Waals surface area contributed by atoms with Crippen LogP contribution in [0.25, 0.3) is 0 Å². The van der Waals surface area contributed by atoms with Gasteiger partial charge in [-0.15, -0.1) is 0 Å². The summed E-state index contributed by atoms with van der Waals surface area (Å²) in [5, 5.41) is 0. The van der Waals surface area contributed by atoms with Gasteiger partial charge in [-0.05, 0) is 26.0 Å². The molecule has 2 rings (SSSR count). The third-order valence-corrected chi connectivity index (χ3v) is 3.02. The summed E-state index contributed by atoms with van der Waals surface area (Å²) in [5.74, 6) is 0.809. The summed E-state index contributed by atoms with van der Waals surface area (Å²) in [6.45, 7) is 4.11. The molecule has 0 saturated carbocycles. The first-order valence-electron chi connectivity index (χ1n) is 5.41. The third-order valence-electron chi connectivity index (χ3n) is 3.02. The summed E-state index contributed by atoms with van der Waals surface area (Å²) < 4.78 is 0. The van der Waals surface area contributed by atoms with Crippen molar-refractivity contribution in [3.05, 3.63) is 12.2 Å². The quantitative estimate of drug-likeness (QED) is 0.605. The Kier molecular flexibility index (Phi) is 2.87. The van der Waals surface area contributed by atoms with E-state index in [1.54, 1.807) is 6.08 Å². The van der Waals surface area contributed by atoms with Crippen molar-refractivity contribution in [2.75, 3.05) is 33.2 Å². The van der Waals surface area contributed by atoms with Crippen LogP contribution in [0.4, 0.5) is 0 Å². The van der Waals surface area contributed by atoms with Gasteiger partial charge in [-0.2, -0.15) is 0 Å². The molecule has 0 N–H and O–H groups in total. The predicted octanol–water partition coefficient (Wildman–Crippen LogP) is 0.727. The van der Waals surface area contributed by atoms with Gasteiger partial charge in [0.15, 0.2) is 0 Å². The van der Waals surface area contributed by atoms with Gasteiger partial charge < -0.3 is 9.80 Å². The molecule has 78 valence electrons. The number of nitrogens with zero attached hydrogens (tertiary/aromatic N) is 2. The van der Waals surface area contributed by atoms with Gasteiger partial charge in [-0.3, -0.25) is 4.79 Å². The molecule has 2 aliphatic rings. The van der Waals surface area contributed by atoms with E-state index in [2.05, 4.69) is 18.0 Å². The Balaban J connectivity index is 1.76. The number of hydrogen-bond donors (Lipinski definition) is 0. The van der Waals surface area contributed by atoms with Crippen LogP contribution in [0.1, 0.15) is 12.8 Å². The maximum atomic E-state index is 11.6. The van der Waals surface area contributed by atoms with Crippen molar-refractivity contribution in [2.24, 2.45) is 5.92 Å². The van der Waals surface area contributed by atoms with E-state index < -0.39 is 0 Å². The van der Waals surface area contributed by atoms with E-state index in [0.29, 0.717) is 5.92 Å². The molecule has 2 fully saturated rings. The van der Waals surface area contributed by atoms with Crippen molar-refractivity contribution in [1.29, 1.82) is 0 Å². The second kappa shape index (κ2) is 4.13. The monoisotopic (exact) mass is 194 g/mol. The summed E-state index contributed by atoms with van der Waals surface area (Å²) >= 11 is 0. The SMILES string of the molecule is CN1CC(/C=C/C(=O)N2CCCC2)C1. The van der Waals surface area contributed by atoms with Gasteiger partial charge in [-0.1, -0.05) is 6.08 Å². The molecule has 0 atom stereocenters. The second-order valence-corrected chi connectivity index (χ2v) is 4.37. The lowest BCUT2D eigenvalue weighted by molar-refractivity contribution is -0.125. The molecule has 0 unspecified atom stereocenters. The molecule has 0 bridgehead atoms. The summed E-state index contributed by atoms with van der Waals surface area (Å²) in [7, 11) is 2.10. The molecule has 0 radical (unpaired) electrons. The van der Waals surface area contributed by atoms with E-state index >= 15 is 0 Å². The van der Waals surface area contributed by atoms with Crippen molar-refractivity contribution >= 4 is 5.91 Å². The number of rotatable bonds is 2. The predicted molar refractivity (Wildman–Crippen MR) is 55.9 cm³/mol. The molecule has 2 aliphatic heterocycles. The Morgan fingerprint density at radius 1 is 1.29 bits per heavy atom. The topological polar surface area (TPSA) is 23.6 Å². The van der Waals surface area contributed by atoms with E-state index in [1.807, 2.05) is 4.90 Å². The third kappa shape index (κ3) is 2.15. The number of carbonyl (C=O) groups is 1. The molecule has 0 aromatic rings. The molecule has 0 spiro atoms. The van der Waals surface area contributed by atoms with Crippen LogP contribution in [0.2, 0.25) is 0 Å². The van der Waals surface area contributed by atoms with Gasteiger partial charge in [0.05, 0.1) is 0 Å². The van der Waals surface area contributed by atoms with Gasteiger partial charge in [-0.25, -0.2) is 0 Å². The minimum Gasteiger partial charge on any atom is -0.339 e. The Hall–Kier alpha value is -0.830. The van der Waals surface area contributed by atoms with E-state index in [4.69, 9.17) is 0 Å². The lowest BCUT2D eigenvalue weighted by Gasteiger charge is -2.34. The summed E-state index contributed by atoms with van der Waals surface area (Å²) in [4.78, 5) is 15.8. The highest BCUT2D eigenvalue weighted by atomic mass is 16.2. The van der Waals surface area contributed by atoms with E-state index in [0.717, 1.165) is 26.2 Å². The molecular weight excluding hydrogens is 176 g/mol. The van der Waals surface area contributed by atoms with Crippen molar-refractivity contribution < 1.29 is 4.79 Å². The van der Waals surface area contributed by atoms with Crippen LogP contribution in [-0.4, -0.2) is 48.9 Å². The first kappa shape index (κ1) is 9.71. The van der Waals surface area contributed by atoms with Crippen LogP contribution < -0.4 is 0 Å². The summed E-state index contributed by atoms with van der Waals surface area (Å²) in [6.07, 6.45) is 6.18. The molecular formula is C11H18N2O. The fraction of sp³-hybridized carbons (Fsp3) is 0.727. The largest absolute Gasteiger partial charge is 0.339 e. The molecule has 3 nitrogen and oxygen atoms in total. The highest BCUT2D eigenvalue weighted by Crippen LogP contribution is 2.14. The molecule has 0 aliphatic carbocycles. The van der Waals surface area contributed by atoms with Crippen LogP contribution in [0.15, 0.2) is 12.2 Å². The molecule has 14 heavy (non-hydrogen) atoms. The average Bonchev–Trinajstić information content (AvgIpc) is 2.62. The van der Waals surface area contributed by atoms with E-state index in [1.165, 1.54) is 12.8 Å². The number of hydrogen-bond acceptors (Lipinski definition) is 2. The van der Waals surface area contributed by atoms with Crippen molar-refractivity contribution in [1.82, 2.24) is 9.80 Å². The minimum absolute atomic E-state index is 0.206. The lowest BCUT2D eigenvalue weighted by atomic mass is 10.0. The highest BCUT2D eigenvalue weighted by Gasteiger charge is 2.21. The Morgan fingerprint density at radius 2 is 1.93 bits per heavy atom. The van der Waals surface area contributed by atoms with Gasteiger partial charge in [0, 0.05) is 32.1 Å². The van der Waals surface area contributed by atoms with Crippen LogP contribution in [0.5, 0.6) is 0 Å². The molecule has 0 aromatic heterocycles. The minimum atomic E-state index is 0.206. The van der Waals surface area contributed by atoms with Crippen LogP contribution in [0.3, 0.4) is 0 Å². The summed E-state index contributed by atoms with van der Waals surface area (Å²) in [6, 6.07) is 0. The summed E-state index contributed by atoms with van der Waals surface area (Å²) in [5.41, 5.74) is 0. The normalized spacial score (nSPS) is 24.5. The van der Waals surface area contributed by atoms with Crippen molar-refractivity contribution in [3.8, 4) is 0 Å². The molecule has 0 aromatic carbocycles. The molecule has 2 saturated heterocycles. The van der Waals surface area contributed by atoms with Crippen molar-refractivity contribution in [3.63, 3.8) is 0 Å². The van der Waals surface area contributed by atoms with Gasteiger partial charge in [0.25, 0.3) is 0 Å². The van der Waals surface area contributed by atoms with Gasteiger partial charge in [0.1, 0.15) is 0 Å². The van der Waals surface area contributed by atoms with Crippen LogP contribution in [0, 0.1) is 5.92 Å². The molecule has 2 heterocycles. The second-order valence-electron chi connectivity index (χ2n) is 4.37. The van der Waals surface area contributed by atoms with Gasteiger partial charge >= 0.3 is 0 Å². The Labute approximate surface area is 85.4 Å². The van der Waals surface area contributed by atoms with Crippen LogP contribution in [-0.2, 0) is 4.79 Å². The first-order valence-corrected chi connectivity index (χ1v) is 5.41. The number of carbonyl (C=O) groups excluding carboxylic acids is 1. The van der Waals surface area contributed by atoms with E-state index in [9.17, 15) is 4.79 Å². The average molecular weight is 194 g/mol. The molecule has 3 heteroatoms. The van der Waals surface area contributed by atoms with E-state index in [-0.39, 0.29) is 5.91 Å². The van der Waals surface area contributed by atoms with Crippen molar-refractivity contribution in [2.45, 2.75) is 12.8 Å². The fourth-order valence-electron chi connectivity index (χ4n) is 2.13. The standard InChI is InChI=1S/C11H18N2O/c1-12-8-10(9-12)4-5-11(14)13-6-2-3-7-13/h4-5,10H,2-3,6-9H2,1H3/b5-4+. The lowest BCUT2D eigenvalue weighted by Crippen LogP contribution is -2.42. The first-order chi connectivity index (χ1) is 6.75. The Bertz CT molecular complexity index is 238. The Morgan fingerprint density at radius 3 is 2.50 bits per heavy atom. The number of amides is 1. The zero-order valence-electron chi connectivity index (χ0n) is 8.78. The maximum absolute atomic E-state index is 11.6. The van der Waals surface area contributed by atoms with Crippen LogP contribution >= 0.6 is 0 Å². The highest BCUT2D eigenvalue weighted by molar-refractivity contribution is 5.87. The smallest absolute Gasteiger partial charge is 0.246 e. The maximum Gasteiger partial charge on any atom is 0.246 e. The van der Waals surface area contributed by atoms with Gasteiger partial charge in [0.2, 0.25) is 5.91 Å². The molecule has 1 amide bonds. The fourth-order valence-corrected chi connectivity index (χ4v) is 2.13. The zero-order chi connectivity index (χ0) is 9.97. The number of likely N-dealkylation sites (tertiary alicyclic amines) is 2.